The maximum Gasteiger partial charge on any atom is 0.308 e. The Balaban J connectivity index is 2.24. The van der Waals surface area contributed by atoms with Crippen molar-refractivity contribution >= 4 is 22.8 Å². The molecule has 0 saturated carbocycles. The molecule has 0 saturated heterocycles. The fraction of sp³-hybridized carbons (Fsp3) is 0.0714. The number of pyridine rings is 1. The number of hydrogen-bond acceptors (Lipinski definition) is 3. The molecule has 0 fully saturated rings. The summed E-state index contributed by atoms with van der Waals surface area (Å²) in [5.41, 5.74) is 1.94. The number of hydrogen-bond donors (Lipinski definition) is 0. The molecule has 0 bridgehead atoms. The largest absolute Gasteiger partial charge is 0.424 e. The normalized spacial score (nSPS) is 10.7. The first-order chi connectivity index (χ1) is 8.75. The molecular weight excluding hydrogens is 246 g/mol. The highest BCUT2D eigenvalue weighted by molar-refractivity contribution is 7.13. The van der Waals surface area contributed by atoms with E-state index in [-0.39, 0.29) is 5.97 Å². The van der Waals surface area contributed by atoms with E-state index >= 15 is 0 Å². The Labute approximate surface area is 108 Å². The van der Waals surface area contributed by atoms with E-state index in [1.54, 1.807) is 11.3 Å². The average molecular weight is 257 g/mol. The third-order valence-corrected chi connectivity index (χ3v) is 3.56. The molecule has 0 aliphatic heterocycles. The van der Waals surface area contributed by atoms with Crippen molar-refractivity contribution in [2.75, 3.05) is 0 Å². The van der Waals surface area contributed by atoms with E-state index in [0.29, 0.717) is 5.75 Å². The second-order valence-electron chi connectivity index (χ2n) is 3.92. The Morgan fingerprint density at radius 1 is 1.28 bits per heavy atom. The SMILES string of the molecule is CC(=O)Oc1cc(-c2cccs2)n2ccccc12. The van der Waals surface area contributed by atoms with Crippen LogP contribution in [0, 0.1) is 0 Å². The molecule has 0 aliphatic rings. The summed E-state index contributed by atoms with van der Waals surface area (Å²) in [6.07, 6.45) is 1.97. The van der Waals surface area contributed by atoms with E-state index < -0.39 is 0 Å². The van der Waals surface area contributed by atoms with Crippen molar-refractivity contribution in [3.63, 3.8) is 0 Å². The minimum Gasteiger partial charge on any atom is -0.424 e. The summed E-state index contributed by atoms with van der Waals surface area (Å²) in [6.45, 7) is 1.41. The van der Waals surface area contributed by atoms with E-state index in [1.807, 2.05) is 46.3 Å². The molecule has 3 aromatic heterocycles. The minimum atomic E-state index is -0.302. The first-order valence-electron chi connectivity index (χ1n) is 5.58. The van der Waals surface area contributed by atoms with Crippen molar-refractivity contribution < 1.29 is 9.53 Å². The zero-order valence-corrected chi connectivity index (χ0v) is 10.6. The number of ether oxygens (including phenoxy) is 1. The smallest absolute Gasteiger partial charge is 0.308 e. The second kappa shape index (κ2) is 4.31. The molecule has 90 valence electrons. The van der Waals surface area contributed by atoms with Crippen molar-refractivity contribution in [3.8, 4) is 16.3 Å². The van der Waals surface area contributed by atoms with Gasteiger partial charge in [0.15, 0.2) is 5.75 Å². The van der Waals surface area contributed by atoms with Gasteiger partial charge in [-0.05, 0) is 23.6 Å². The Morgan fingerprint density at radius 3 is 2.89 bits per heavy atom. The van der Waals surface area contributed by atoms with E-state index in [2.05, 4.69) is 6.07 Å². The third-order valence-electron chi connectivity index (χ3n) is 2.67. The van der Waals surface area contributed by atoms with Crippen molar-refractivity contribution in [2.45, 2.75) is 6.92 Å². The molecule has 0 radical (unpaired) electrons. The van der Waals surface area contributed by atoms with Gasteiger partial charge in [-0.3, -0.25) is 4.79 Å². The summed E-state index contributed by atoms with van der Waals surface area (Å²) < 4.78 is 7.28. The van der Waals surface area contributed by atoms with Crippen molar-refractivity contribution in [2.24, 2.45) is 0 Å². The quantitative estimate of drug-likeness (QED) is 0.657. The summed E-state index contributed by atoms with van der Waals surface area (Å²) in [5.74, 6) is 0.301. The summed E-state index contributed by atoms with van der Waals surface area (Å²) >= 11 is 1.66. The fourth-order valence-corrected chi connectivity index (χ4v) is 2.71. The third kappa shape index (κ3) is 1.80. The molecule has 0 amide bonds. The summed E-state index contributed by atoms with van der Waals surface area (Å²) in [7, 11) is 0. The summed E-state index contributed by atoms with van der Waals surface area (Å²) in [6, 6.07) is 11.8. The number of rotatable bonds is 2. The van der Waals surface area contributed by atoms with Crippen LogP contribution in [0.1, 0.15) is 6.92 Å². The van der Waals surface area contributed by atoms with Crippen LogP contribution in [-0.2, 0) is 4.79 Å². The Morgan fingerprint density at radius 2 is 2.17 bits per heavy atom. The highest BCUT2D eigenvalue weighted by Gasteiger charge is 2.13. The molecule has 3 rings (SSSR count). The molecule has 3 heterocycles. The van der Waals surface area contributed by atoms with Crippen LogP contribution >= 0.6 is 11.3 Å². The number of thiophene rings is 1. The number of carbonyl (C=O) groups excluding carboxylic acids is 1. The van der Waals surface area contributed by atoms with E-state index in [0.717, 1.165) is 16.1 Å². The van der Waals surface area contributed by atoms with Crippen LogP contribution in [-0.4, -0.2) is 10.4 Å². The highest BCUT2D eigenvalue weighted by atomic mass is 32.1. The van der Waals surface area contributed by atoms with Crippen LogP contribution in [0.5, 0.6) is 5.75 Å². The standard InChI is InChI=1S/C14H11NO2S/c1-10(16)17-13-9-12(14-6-4-8-18-14)15-7-3-2-5-11(13)15/h2-9H,1H3. The zero-order valence-electron chi connectivity index (χ0n) is 9.79. The van der Waals surface area contributed by atoms with Gasteiger partial charge in [-0.15, -0.1) is 11.3 Å². The molecule has 18 heavy (non-hydrogen) atoms. The molecule has 0 atom stereocenters. The number of carbonyl (C=O) groups is 1. The monoisotopic (exact) mass is 257 g/mol. The lowest BCUT2D eigenvalue weighted by molar-refractivity contribution is -0.131. The Bertz CT molecular complexity index is 698. The van der Waals surface area contributed by atoms with Crippen LogP contribution in [0.3, 0.4) is 0 Å². The molecule has 0 aromatic carbocycles. The van der Waals surface area contributed by atoms with Gasteiger partial charge in [0.1, 0.15) is 0 Å². The van der Waals surface area contributed by atoms with Gasteiger partial charge in [0.2, 0.25) is 0 Å². The van der Waals surface area contributed by atoms with Crippen LogP contribution in [0.2, 0.25) is 0 Å². The molecule has 0 N–H and O–H groups in total. The summed E-state index contributed by atoms with van der Waals surface area (Å²) in [4.78, 5) is 12.3. The Hall–Kier alpha value is -2.07. The van der Waals surface area contributed by atoms with Gasteiger partial charge in [-0.1, -0.05) is 12.1 Å². The molecule has 3 nitrogen and oxygen atoms in total. The lowest BCUT2D eigenvalue weighted by atomic mass is 10.3. The fourth-order valence-electron chi connectivity index (χ4n) is 1.97. The van der Waals surface area contributed by atoms with Crippen LogP contribution in [0.4, 0.5) is 0 Å². The molecule has 0 unspecified atom stereocenters. The molecule has 3 aromatic rings. The van der Waals surface area contributed by atoms with Gasteiger partial charge in [0, 0.05) is 19.2 Å². The van der Waals surface area contributed by atoms with E-state index in [1.165, 1.54) is 6.92 Å². The molecule has 0 aliphatic carbocycles. The number of esters is 1. The van der Waals surface area contributed by atoms with Crippen molar-refractivity contribution in [1.29, 1.82) is 0 Å². The lowest BCUT2D eigenvalue weighted by Crippen LogP contribution is -2.00. The van der Waals surface area contributed by atoms with Gasteiger partial charge in [0.25, 0.3) is 0 Å². The number of nitrogens with zero attached hydrogens (tertiary/aromatic N) is 1. The van der Waals surface area contributed by atoms with E-state index in [4.69, 9.17) is 4.74 Å². The molecule has 0 spiro atoms. The molecular formula is C14H11NO2S. The van der Waals surface area contributed by atoms with E-state index in [9.17, 15) is 4.79 Å². The summed E-state index contributed by atoms with van der Waals surface area (Å²) in [5, 5.41) is 2.03. The minimum absolute atomic E-state index is 0.302. The van der Waals surface area contributed by atoms with Gasteiger partial charge in [0.05, 0.1) is 16.1 Å². The predicted octanol–water partition coefficient (Wildman–Crippen LogP) is 3.59. The number of aromatic nitrogens is 1. The first kappa shape index (κ1) is 11.0. The topological polar surface area (TPSA) is 30.7 Å². The zero-order chi connectivity index (χ0) is 12.5. The van der Waals surface area contributed by atoms with Crippen LogP contribution in [0.25, 0.3) is 16.1 Å². The predicted molar refractivity (Wildman–Crippen MR) is 72.0 cm³/mol. The first-order valence-corrected chi connectivity index (χ1v) is 6.46. The van der Waals surface area contributed by atoms with Crippen molar-refractivity contribution in [3.05, 3.63) is 48.0 Å². The number of fused-ring (bicyclic) bond motifs is 1. The highest BCUT2D eigenvalue weighted by Crippen LogP contribution is 2.33. The van der Waals surface area contributed by atoms with Crippen LogP contribution in [0.15, 0.2) is 48.0 Å². The maximum atomic E-state index is 11.1. The maximum absolute atomic E-state index is 11.1. The van der Waals surface area contributed by atoms with Crippen LogP contribution < -0.4 is 4.74 Å². The van der Waals surface area contributed by atoms with Crippen molar-refractivity contribution in [1.82, 2.24) is 4.40 Å². The van der Waals surface area contributed by atoms with Gasteiger partial charge >= 0.3 is 5.97 Å². The van der Waals surface area contributed by atoms with Gasteiger partial charge in [-0.2, -0.15) is 0 Å². The molecule has 4 heteroatoms. The van der Waals surface area contributed by atoms with Gasteiger partial charge in [-0.25, -0.2) is 0 Å². The van der Waals surface area contributed by atoms with Gasteiger partial charge < -0.3 is 9.14 Å². The average Bonchev–Trinajstić information content (AvgIpc) is 2.96. The Kier molecular flexibility index (Phi) is 2.64. The second-order valence-corrected chi connectivity index (χ2v) is 4.87. The lowest BCUT2D eigenvalue weighted by Gasteiger charge is -2.00.